The smallest absolute Gasteiger partial charge is 0.387 e. The lowest BCUT2D eigenvalue weighted by atomic mass is 10.0. The van der Waals surface area contributed by atoms with Crippen molar-refractivity contribution in [3.63, 3.8) is 0 Å². The van der Waals surface area contributed by atoms with Crippen molar-refractivity contribution in [2.24, 2.45) is 4.99 Å². The Balaban J connectivity index is 1.89. The first kappa shape index (κ1) is 22.4. The molecule has 2 rings (SSSR count). The fraction of sp³-hybridized carbons (Fsp3) is 0.650. The Kier molecular flexibility index (Phi) is 9.43. The maximum atomic E-state index is 12.2. The van der Waals surface area contributed by atoms with Crippen LogP contribution >= 0.6 is 0 Å². The fourth-order valence-corrected chi connectivity index (χ4v) is 3.42. The molecule has 0 saturated carbocycles. The largest absolute Gasteiger partial charge is 0.435 e. The van der Waals surface area contributed by atoms with Crippen LogP contribution in [0, 0.1) is 0 Å². The molecule has 3 N–H and O–H groups in total. The van der Waals surface area contributed by atoms with Gasteiger partial charge in [0.25, 0.3) is 0 Å². The first-order valence-electron chi connectivity index (χ1n) is 10.0. The average Bonchev–Trinajstić information content (AvgIpc) is 2.70. The Morgan fingerprint density at radius 3 is 2.64 bits per heavy atom. The molecule has 1 aromatic carbocycles. The van der Waals surface area contributed by atoms with E-state index >= 15 is 0 Å². The molecule has 0 radical (unpaired) electrons. The third-order valence-corrected chi connectivity index (χ3v) is 4.92. The molecule has 2 atom stereocenters. The third-order valence-electron chi connectivity index (χ3n) is 4.92. The Labute approximate surface area is 166 Å². The number of benzene rings is 1. The van der Waals surface area contributed by atoms with Gasteiger partial charge < -0.3 is 20.5 Å². The van der Waals surface area contributed by atoms with Crippen LogP contribution in [0.4, 0.5) is 8.78 Å². The van der Waals surface area contributed by atoms with E-state index in [4.69, 9.17) is 0 Å². The molecule has 1 heterocycles. The number of aliphatic imine (C=N–C) groups is 1. The summed E-state index contributed by atoms with van der Waals surface area (Å²) < 4.78 is 28.7. The van der Waals surface area contributed by atoms with E-state index in [0.717, 1.165) is 26.2 Å². The van der Waals surface area contributed by atoms with Crippen molar-refractivity contribution in [3.05, 3.63) is 29.8 Å². The molecule has 8 heteroatoms. The predicted octanol–water partition coefficient (Wildman–Crippen LogP) is 2.75. The molecule has 0 bridgehead atoms. The summed E-state index contributed by atoms with van der Waals surface area (Å²) in [5.41, 5.74) is 0.602. The molecule has 1 fully saturated rings. The van der Waals surface area contributed by atoms with Gasteiger partial charge in [-0.05, 0) is 50.6 Å². The summed E-state index contributed by atoms with van der Waals surface area (Å²) in [5, 5.41) is 16.9. The number of nitrogens with one attached hydrogen (secondary N) is 2. The molecule has 0 spiro atoms. The van der Waals surface area contributed by atoms with Crippen molar-refractivity contribution < 1.29 is 18.6 Å². The number of aliphatic hydroxyl groups is 1. The fourth-order valence-electron chi connectivity index (χ4n) is 3.42. The number of likely N-dealkylation sites (tertiary alicyclic amines) is 1. The Morgan fingerprint density at radius 2 is 2.00 bits per heavy atom. The van der Waals surface area contributed by atoms with E-state index < -0.39 is 12.7 Å². The second-order valence-electron chi connectivity index (χ2n) is 6.84. The molecule has 28 heavy (non-hydrogen) atoms. The number of ether oxygens (including phenoxy) is 1. The molecule has 0 aliphatic carbocycles. The van der Waals surface area contributed by atoms with E-state index in [2.05, 4.69) is 32.2 Å². The number of nitrogens with zero attached hydrogens (tertiary/aromatic N) is 2. The predicted molar refractivity (Wildman–Crippen MR) is 107 cm³/mol. The summed E-state index contributed by atoms with van der Waals surface area (Å²) in [5.74, 6) is 0.734. The van der Waals surface area contributed by atoms with Gasteiger partial charge in [-0.2, -0.15) is 8.78 Å². The van der Waals surface area contributed by atoms with E-state index in [1.165, 1.54) is 31.4 Å². The molecular weight excluding hydrogens is 366 g/mol. The number of hydrogen-bond donors (Lipinski definition) is 3. The number of halogens is 2. The van der Waals surface area contributed by atoms with Crippen LogP contribution in [0.15, 0.2) is 29.3 Å². The average molecular weight is 398 g/mol. The van der Waals surface area contributed by atoms with Crippen LogP contribution in [-0.2, 0) is 0 Å². The van der Waals surface area contributed by atoms with Crippen LogP contribution < -0.4 is 15.4 Å². The van der Waals surface area contributed by atoms with Gasteiger partial charge in [0.2, 0.25) is 0 Å². The number of likely N-dealkylation sites (N-methyl/N-ethyl adjacent to an activating group) is 1. The molecule has 2 unspecified atom stereocenters. The zero-order valence-corrected chi connectivity index (χ0v) is 16.7. The summed E-state index contributed by atoms with van der Waals surface area (Å²) in [6.45, 7) is 5.22. The van der Waals surface area contributed by atoms with Gasteiger partial charge in [-0.15, -0.1) is 0 Å². The highest BCUT2D eigenvalue weighted by atomic mass is 19.3. The Hall–Kier alpha value is -1.93. The van der Waals surface area contributed by atoms with Crippen LogP contribution in [0.3, 0.4) is 0 Å². The number of piperidine rings is 1. The summed E-state index contributed by atoms with van der Waals surface area (Å²) in [7, 11) is 0. The topological polar surface area (TPSA) is 69.1 Å². The molecule has 1 aromatic rings. The van der Waals surface area contributed by atoms with E-state index in [9.17, 15) is 13.9 Å². The highest BCUT2D eigenvalue weighted by Gasteiger charge is 2.21. The minimum absolute atomic E-state index is 0.0671. The Morgan fingerprint density at radius 1 is 1.25 bits per heavy atom. The van der Waals surface area contributed by atoms with Crippen molar-refractivity contribution >= 4 is 5.96 Å². The van der Waals surface area contributed by atoms with Crippen LogP contribution in [-0.4, -0.2) is 61.3 Å². The second-order valence-corrected chi connectivity index (χ2v) is 6.84. The molecular formula is C20H32F2N4O2. The van der Waals surface area contributed by atoms with Crippen molar-refractivity contribution in [3.8, 4) is 5.75 Å². The molecule has 0 aromatic heterocycles. The summed E-state index contributed by atoms with van der Waals surface area (Å²) in [6.07, 6.45) is 2.86. The van der Waals surface area contributed by atoms with Gasteiger partial charge in [0, 0.05) is 19.1 Å². The van der Waals surface area contributed by atoms with E-state index in [-0.39, 0.29) is 12.3 Å². The summed E-state index contributed by atoms with van der Waals surface area (Å²) >= 11 is 0. The third kappa shape index (κ3) is 7.24. The second kappa shape index (κ2) is 11.8. The molecule has 1 saturated heterocycles. The van der Waals surface area contributed by atoms with Gasteiger partial charge in [0.05, 0.1) is 12.6 Å². The minimum atomic E-state index is -2.86. The van der Waals surface area contributed by atoms with Gasteiger partial charge in [0.15, 0.2) is 5.96 Å². The van der Waals surface area contributed by atoms with Crippen LogP contribution in [0.5, 0.6) is 5.75 Å². The van der Waals surface area contributed by atoms with E-state index in [1.807, 2.05) is 6.92 Å². The van der Waals surface area contributed by atoms with Crippen LogP contribution in [0.25, 0.3) is 0 Å². The minimum Gasteiger partial charge on any atom is -0.435 e. The van der Waals surface area contributed by atoms with Crippen molar-refractivity contribution in [1.82, 2.24) is 15.5 Å². The number of aliphatic hydroxyl groups excluding tert-OH is 1. The number of rotatable bonds is 9. The quantitative estimate of drug-likeness (QED) is 0.441. The molecule has 1 aliphatic heterocycles. The molecule has 1 aliphatic rings. The lowest BCUT2D eigenvalue weighted by Crippen LogP contribution is -2.49. The van der Waals surface area contributed by atoms with E-state index in [1.54, 1.807) is 12.1 Å². The SMILES string of the molecule is CCNC(=NCC(O)c1ccc(OC(F)F)cc1)NCC1CCCCN1CC. The van der Waals surface area contributed by atoms with Gasteiger partial charge in [-0.1, -0.05) is 25.5 Å². The maximum absolute atomic E-state index is 12.2. The number of hydrogen-bond acceptors (Lipinski definition) is 4. The first-order valence-corrected chi connectivity index (χ1v) is 10.0. The van der Waals surface area contributed by atoms with Crippen molar-refractivity contribution in [2.75, 3.05) is 32.7 Å². The standard InChI is InChI=1S/C20H32F2N4O2/c1-3-23-20(24-13-16-7-5-6-12-26(16)4-2)25-14-18(27)15-8-10-17(11-9-15)28-19(21)22/h8-11,16,18-19,27H,3-7,12-14H2,1-2H3,(H2,23,24,25). The molecule has 0 amide bonds. The number of alkyl halides is 2. The zero-order valence-electron chi connectivity index (χ0n) is 16.7. The lowest BCUT2D eigenvalue weighted by molar-refractivity contribution is -0.0498. The number of guanidine groups is 1. The van der Waals surface area contributed by atoms with E-state index in [0.29, 0.717) is 17.6 Å². The zero-order chi connectivity index (χ0) is 20.4. The molecule has 6 nitrogen and oxygen atoms in total. The lowest BCUT2D eigenvalue weighted by Gasteiger charge is -2.35. The highest BCUT2D eigenvalue weighted by molar-refractivity contribution is 5.79. The molecule has 158 valence electrons. The summed E-state index contributed by atoms with van der Waals surface area (Å²) in [4.78, 5) is 6.95. The van der Waals surface area contributed by atoms with Crippen molar-refractivity contribution in [1.29, 1.82) is 0 Å². The van der Waals surface area contributed by atoms with Gasteiger partial charge in [0.1, 0.15) is 5.75 Å². The monoisotopic (exact) mass is 398 g/mol. The Bertz CT molecular complexity index is 598. The van der Waals surface area contributed by atoms with Crippen molar-refractivity contribution in [2.45, 2.75) is 51.9 Å². The first-order chi connectivity index (χ1) is 13.5. The van der Waals surface area contributed by atoms with Gasteiger partial charge in [-0.3, -0.25) is 9.89 Å². The highest BCUT2D eigenvalue weighted by Crippen LogP contribution is 2.19. The normalized spacial score (nSPS) is 19.5. The summed E-state index contributed by atoms with van der Waals surface area (Å²) in [6, 6.07) is 6.47. The van der Waals surface area contributed by atoms with Gasteiger partial charge in [-0.25, -0.2) is 0 Å². The van der Waals surface area contributed by atoms with Crippen LogP contribution in [0.2, 0.25) is 0 Å². The van der Waals surface area contributed by atoms with Crippen LogP contribution in [0.1, 0.15) is 44.8 Å². The maximum Gasteiger partial charge on any atom is 0.387 e. The van der Waals surface area contributed by atoms with Gasteiger partial charge >= 0.3 is 6.61 Å².